The van der Waals surface area contributed by atoms with Crippen molar-refractivity contribution in [1.82, 2.24) is 0 Å². The van der Waals surface area contributed by atoms with Crippen LogP contribution in [0.5, 0.6) is 0 Å². The lowest BCUT2D eigenvalue weighted by Crippen LogP contribution is -1.97. The van der Waals surface area contributed by atoms with E-state index in [9.17, 15) is 0 Å². The predicted molar refractivity (Wildman–Crippen MR) is 185 cm³/mol. The molecule has 8 aromatic carbocycles. The molecule has 0 atom stereocenters. The molecule has 0 aromatic heterocycles. The number of hydrogen-bond acceptors (Lipinski definition) is 1. The van der Waals surface area contributed by atoms with Crippen molar-refractivity contribution in [2.24, 2.45) is 0 Å². The number of fused-ring (bicyclic) bond motifs is 4. The van der Waals surface area contributed by atoms with Gasteiger partial charge in [-0.25, -0.2) is 0 Å². The molecule has 0 saturated heterocycles. The Kier molecular flexibility index (Phi) is 5.54. The minimum Gasteiger partial charge on any atom is -0.0881 e. The van der Waals surface area contributed by atoms with E-state index in [4.69, 9.17) is 0 Å². The summed E-state index contributed by atoms with van der Waals surface area (Å²) < 4.78 is 0. The van der Waals surface area contributed by atoms with Crippen molar-refractivity contribution in [2.75, 3.05) is 0 Å². The van der Waals surface area contributed by atoms with Gasteiger partial charge < -0.3 is 0 Å². The summed E-state index contributed by atoms with van der Waals surface area (Å²) in [6, 6.07) is 57.9. The molecular formula is C42H26S. The highest BCUT2D eigenvalue weighted by atomic mass is 32.2. The summed E-state index contributed by atoms with van der Waals surface area (Å²) in [5.41, 5.74) is 10.3. The first-order valence-electron chi connectivity index (χ1n) is 14.8. The second-order valence-corrected chi connectivity index (χ2v) is 12.3. The summed E-state index contributed by atoms with van der Waals surface area (Å²) in [6.07, 6.45) is 0. The summed E-state index contributed by atoms with van der Waals surface area (Å²) in [5, 5.41) is 7.78. The minimum absolute atomic E-state index is 1.23. The van der Waals surface area contributed by atoms with E-state index < -0.39 is 0 Å². The van der Waals surface area contributed by atoms with Gasteiger partial charge in [0.1, 0.15) is 0 Å². The first kappa shape index (κ1) is 24.5. The van der Waals surface area contributed by atoms with E-state index >= 15 is 0 Å². The second-order valence-electron chi connectivity index (χ2n) is 11.2. The lowest BCUT2D eigenvalue weighted by Gasteiger charge is -2.24. The third-order valence-corrected chi connectivity index (χ3v) is 10.1. The van der Waals surface area contributed by atoms with Gasteiger partial charge in [-0.05, 0) is 83.6 Å². The van der Waals surface area contributed by atoms with Crippen molar-refractivity contribution >= 4 is 44.1 Å². The molecule has 9 rings (SSSR count). The Morgan fingerprint density at radius 2 is 0.930 bits per heavy atom. The molecule has 1 aliphatic heterocycles. The van der Waals surface area contributed by atoms with Crippen LogP contribution in [0.25, 0.3) is 76.8 Å². The van der Waals surface area contributed by atoms with Gasteiger partial charge in [0.15, 0.2) is 0 Å². The molecule has 0 nitrogen and oxygen atoms in total. The van der Waals surface area contributed by atoms with Crippen LogP contribution < -0.4 is 0 Å². The summed E-state index contributed by atoms with van der Waals surface area (Å²) in [4.78, 5) is 2.67. The van der Waals surface area contributed by atoms with Gasteiger partial charge >= 0.3 is 0 Å². The van der Waals surface area contributed by atoms with E-state index in [0.29, 0.717) is 0 Å². The SMILES string of the molecule is c1ccc(-c2cccc(-c3c4ccccc4c(-c4ccc5cccc6c5c4Sc4ccccc4-6)c4ccccc34)c2)cc1. The van der Waals surface area contributed by atoms with Gasteiger partial charge in [0.25, 0.3) is 0 Å². The number of rotatable bonds is 3. The molecule has 8 aromatic rings. The minimum atomic E-state index is 1.23. The quantitative estimate of drug-likeness (QED) is 0.193. The van der Waals surface area contributed by atoms with Crippen LogP contribution in [0, 0.1) is 0 Å². The van der Waals surface area contributed by atoms with Crippen LogP contribution in [0.3, 0.4) is 0 Å². The molecule has 1 aliphatic rings. The van der Waals surface area contributed by atoms with Crippen LogP contribution in [0.1, 0.15) is 0 Å². The second kappa shape index (κ2) is 9.73. The van der Waals surface area contributed by atoms with Crippen molar-refractivity contribution in [3.8, 4) is 44.5 Å². The van der Waals surface area contributed by atoms with Crippen LogP contribution in [-0.2, 0) is 0 Å². The van der Waals surface area contributed by atoms with Gasteiger partial charge in [0, 0.05) is 15.2 Å². The van der Waals surface area contributed by atoms with Crippen molar-refractivity contribution in [1.29, 1.82) is 0 Å². The molecule has 0 fully saturated rings. The summed E-state index contributed by atoms with van der Waals surface area (Å²) >= 11 is 1.91. The predicted octanol–water partition coefficient (Wildman–Crippen LogP) is 12.3. The van der Waals surface area contributed by atoms with Gasteiger partial charge in [-0.3, -0.25) is 0 Å². The maximum atomic E-state index is 2.35. The number of hydrogen-bond donors (Lipinski definition) is 0. The van der Waals surface area contributed by atoms with Crippen molar-refractivity contribution in [3.63, 3.8) is 0 Å². The van der Waals surface area contributed by atoms with Crippen LogP contribution >= 0.6 is 11.8 Å². The molecule has 0 unspecified atom stereocenters. The zero-order valence-corrected chi connectivity index (χ0v) is 24.2. The van der Waals surface area contributed by atoms with Crippen LogP contribution in [0.2, 0.25) is 0 Å². The lowest BCUT2D eigenvalue weighted by molar-refractivity contribution is 1.40. The molecule has 0 bridgehead atoms. The van der Waals surface area contributed by atoms with Crippen LogP contribution in [0.15, 0.2) is 168 Å². The van der Waals surface area contributed by atoms with E-state index in [2.05, 4.69) is 158 Å². The third-order valence-electron chi connectivity index (χ3n) is 8.85. The number of benzene rings is 8. The average molecular weight is 563 g/mol. The highest BCUT2D eigenvalue weighted by Gasteiger charge is 2.24. The molecule has 0 saturated carbocycles. The van der Waals surface area contributed by atoms with Gasteiger partial charge in [-0.15, -0.1) is 0 Å². The fourth-order valence-corrected chi connectivity index (χ4v) is 8.24. The molecule has 43 heavy (non-hydrogen) atoms. The highest BCUT2D eigenvalue weighted by molar-refractivity contribution is 8.00. The molecule has 0 amide bonds. The normalized spacial score (nSPS) is 12.1. The fraction of sp³-hybridized carbons (Fsp3) is 0. The molecule has 1 heteroatoms. The van der Waals surface area contributed by atoms with Crippen LogP contribution in [-0.4, -0.2) is 0 Å². The Labute approximate surface area is 255 Å². The maximum absolute atomic E-state index is 2.35. The summed E-state index contributed by atoms with van der Waals surface area (Å²) in [7, 11) is 0. The molecule has 1 heterocycles. The average Bonchev–Trinajstić information content (AvgIpc) is 3.08. The van der Waals surface area contributed by atoms with Gasteiger partial charge in [0.05, 0.1) is 0 Å². The van der Waals surface area contributed by atoms with E-state index in [0.717, 1.165) is 0 Å². The van der Waals surface area contributed by atoms with E-state index in [1.807, 2.05) is 11.8 Å². The molecule has 0 N–H and O–H groups in total. The molecule has 0 aliphatic carbocycles. The largest absolute Gasteiger partial charge is 0.0881 e. The summed E-state index contributed by atoms with van der Waals surface area (Å²) in [6.45, 7) is 0. The smallest absolute Gasteiger partial charge is 0.0286 e. The highest BCUT2D eigenvalue weighted by Crippen LogP contribution is 2.53. The Bertz CT molecular complexity index is 2310. The maximum Gasteiger partial charge on any atom is 0.0286 e. The first-order chi connectivity index (χ1) is 21.3. The molecule has 200 valence electrons. The topological polar surface area (TPSA) is 0 Å². The van der Waals surface area contributed by atoms with E-state index in [1.54, 1.807) is 0 Å². The van der Waals surface area contributed by atoms with E-state index in [-0.39, 0.29) is 0 Å². The summed E-state index contributed by atoms with van der Waals surface area (Å²) in [5.74, 6) is 0. The van der Waals surface area contributed by atoms with Gasteiger partial charge in [-0.2, -0.15) is 0 Å². The fourth-order valence-electron chi connectivity index (χ4n) is 6.98. The molecule has 0 spiro atoms. The van der Waals surface area contributed by atoms with Crippen molar-refractivity contribution in [2.45, 2.75) is 9.79 Å². The zero-order chi connectivity index (χ0) is 28.3. The Morgan fingerprint density at radius 3 is 1.70 bits per heavy atom. The van der Waals surface area contributed by atoms with Crippen molar-refractivity contribution in [3.05, 3.63) is 158 Å². The first-order valence-corrected chi connectivity index (χ1v) is 15.6. The monoisotopic (exact) mass is 562 g/mol. The Morgan fingerprint density at radius 1 is 0.349 bits per heavy atom. The van der Waals surface area contributed by atoms with Gasteiger partial charge in [0.2, 0.25) is 0 Å². The van der Waals surface area contributed by atoms with Gasteiger partial charge in [-0.1, -0.05) is 157 Å². The Balaban J connectivity index is 1.37. The van der Waals surface area contributed by atoms with Crippen molar-refractivity contribution < 1.29 is 0 Å². The van der Waals surface area contributed by atoms with Crippen LogP contribution in [0.4, 0.5) is 0 Å². The Hall–Kier alpha value is -5.11. The molecule has 0 radical (unpaired) electrons. The standard InChI is InChI=1S/C42H26S/c1-2-12-27(13-3-1)29-15-10-16-30(26-29)39-33-18-4-6-20-35(33)41(36-21-7-5-19-34(36)39)37-25-24-28-14-11-22-32-31-17-8-9-23-38(31)43-42(37)40(28)32/h1-26H. The zero-order valence-electron chi connectivity index (χ0n) is 23.4. The van der Waals surface area contributed by atoms with E-state index in [1.165, 1.54) is 86.6 Å². The lowest BCUT2D eigenvalue weighted by atomic mass is 9.84. The molecular weight excluding hydrogens is 537 g/mol. The third kappa shape index (κ3) is 3.79.